The Labute approximate surface area is 140 Å². The molecule has 22 heavy (non-hydrogen) atoms. The van der Waals surface area contributed by atoms with Crippen molar-refractivity contribution in [1.82, 2.24) is 19.9 Å². The molecular weight excluding hydrogens is 336 g/mol. The van der Waals surface area contributed by atoms with Crippen molar-refractivity contribution in [2.45, 2.75) is 26.3 Å². The molecule has 3 heterocycles. The second-order valence-electron chi connectivity index (χ2n) is 4.88. The third-order valence-electron chi connectivity index (χ3n) is 3.12. The summed E-state index contributed by atoms with van der Waals surface area (Å²) in [4.78, 5) is 17.5. The highest BCUT2D eigenvalue weighted by Gasteiger charge is 2.22. The van der Waals surface area contributed by atoms with E-state index in [1.54, 1.807) is 29.6 Å². The van der Waals surface area contributed by atoms with Crippen molar-refractivity contribution in [1.29, 1.82) is 0 Å². The normalized spacial score (nSPS) is 12.3. The van der Waals surface area contributed by atoms with Gasteiger partial charge in [-0.05, 0) is 47.8 Å². The molecule has 0 aliphatic carbocycles. The third-order valence-corrected chi connectivity index (χ3v) is 5.75. The van der Waals surface area contributed by atoms with Crippen LogP contribution in [0.15, 0.2) is 22.2 Å². The molecule has 0 saturated carbocycles. The second kappa shape index (κ2) is 6.64. The first-order chi connectivity index (χ1) is 10.6. The lowest BCUT2D eigenvalue weighted by molar-refractivity contribution is 0.0939. The van der Waals surface area contributed by atoms with E-state index in [0.29, 0.717) is 10.6 Å². The van der Waals surface area contributed by atoms with Gasteiger partial charge < -0.3 is 5.32 Å². The molecule has 0 fully saturated rings. The Balaban J connectivity index is 1.82. The number of carbonyl (C=O) groups excluding carboxylic acids is 1. The Morgan fingerprint density at radius 3 is 2.82 bits per heavy atom. The van der Waals surface area contributed by atoms with Gasteiger partial charge in [0.25, 0.3) is 5.91 Å². The molecule has 0 spiro atoms. The van der Waals surface area contributed by atoms with Crippen molar-refractivity contribution < 1.29 is 4.79 Å². The van der Waals surface area contributed by atoms with E-state index in [4.69, 9.17) is 0 Å². The van der Waals surface area contributed by atoms with Crippen LogP contribution in [-0.2, 0) is 6.42 Å². The van der Waals surface area contributed by atoms with Gasteiger partial charge in [0.05, 0.1) is 11.7 Å². The highest BCUT2D eigenvalue weighted by molar-refractivity contribution is 7.09. The van der Waals surface area contributed by atoms with Gasteiger partial charge in [0.2, 0.25) is 0 Å². The molecule has 0 aliphatic heterocycles. The van der Waals surface area contributed by atoms with Crippen molar-refractivity contribution in [3.63, 3.8) is 0 Å². The summed E-state index contributed by atoms with van der Waals surface area (Å²) in [5.41, 5.74) is 2.83. The largest absolute Gasteiger partial charge is 0.342 e. The SMILES string of the molecule is Cc1csc(C(Cc2ccsc2)NC(=O)c2snnc2C)n1. The fourth-order valence-electron chi connectivity index (χ4n) is 2.04. The molecule has 0 saturated heterocycles. The summed E-state index contributed by atoms with van der Waals surface area (Å²) in [6.45, 7) is 3.75. The maximum absolute atomic E-state index is 12.4. The summed E-state index contributed by atoms with van der Waals surface area (Å²) in [5.74, 6) is -0.138. The number of rotatable bonds is 5. The second-order valence-corrected chi connectivity index (χ2v) is 7.30. The lowest BCUT2D eigenvalue weighted by atomic mass is 10.1. The number of amides is 1. The summed E-state index contributed by atoms with van der Waals surface area (Å²) < 4.78 is 3.82. The lowest BCUT2D eigenvalue weighted by Crippen LogP contribution is -2.29. The van der Waals surface area contributed by atoms with Crippen molar-refractivity contribution in [3.05, 3.63) is 49.0 Å². The predicted molar refractivity (Wildman–Crippen MR) is 89.7 cm³/mol. The van der Waals surface area contributed by atoms with Crippen LogP contribution >= 0.6 is 34.2 Å². The molecule has 1 amide bonds. The number of carbonyl (C=O) groups is 1. The Morgan fingerprint density at radius 1 is 1.36 bits per heavy atom. The van der Waals surface area contributed by atoms with Crippen LogP contribution in [-0.4, -0.2) is 20.5 Å². The molecule has 0 aromatic carbocycles. The van der Waals surface area contributed by atoms with Crippen LogP contribution in [0.5, 0.6) is 0 Å². The summed E-state index contributed by atoms with van der Waals surface area (Å²) in [7, 11) is 0. The van der Waals surface area contributed by atoms with Crippen LogP contribution in [0.25, 0.3) is 0 Å². The summed E-state index contributed by atoms with van der Waals surface area (Å²) in [6.07, 6.45) is 0.730. The minimum absolute atomic E-state index is 0.137. The summed E-state index contributed by atoms with van der Waals surface area (Å²) in [5, 5.41) is 14.0. The van der Waals surface area contributed by atoms with Gasteiger partial charge >= 0.3 is 0 Å². The van der Waals surface area contributed by atoms with Crippen LogP contribution in [0.3, 0.4) is 0 Å². The van der Waals surface area contributed by atoms with Gasteiger partial charge in [-0.1, -0.05) is 4.49 Å². The fraction of sp³-hybridized carbons (Fsp3) is 0.286. The van der Waals surface area contributed by atoms with E-state index >= 15 is 0 Å². The van der Waals surface area contributed by atoms with Gasteiger partial charge in [0.1, 0.15) is 9.88 Å². The van der Waals surface area contributed by atoms with Gasteiger partial charge in [-0.15, -0.1) is 16.4 Å². The fourth-order valence-corrected chi connectivity index (χ4v) is 4.13. The Hall–Kier alpha value is -1.64. The number of nitrogens with one attached hydrogen (secondary N) is 1. The van der Waals surface area contributed by atoms with Gasteiger partial charge in [-0.2, -0.15) is 11.3 Å². The molecule has 1 atom stereocenters. The first-order valence-electron chi connectivity index (χ1n) is 6.66. The summed E-state index contributed by atoms with van der Waals surface area (Å²) in [6, 6.07) is 1.94. The molecule has 3 aromatic heterocycles. The van der Waals surface area contributed by atoms with Crippen LogP contribution in [0, 0.1) is 13.8 Å². The molecule has 8 heteroatoms. The van der Waals surface area contributed by atoms with Crippen LogP contribution in [0.2, 0.25) is 0 Å². The van der Waals surface area contributed by atoms with E-state index in [0.717, 1.165) is 28.7 Å². The number of thiazole rings is 1. The Bertz CT molecular complexity index is 763. The molecule has 0 aliphatic rings. The van der Waals surface area contributed by atoms with Crippen molar-refractivity contribution in [2.75, 3.05) is 0 Å². The molecule has 0 bridgehead atoms. The number of hydrogen-bond acceptors (Lipinski definition) is 7. The minimum Gasteiger partial charge on any atom is -0.342 e. The molecule has 3 rings (SSSR count). The van der Waals surface area contributed by atoms with Crippen LogP contribution < -0.4 is 5.32 Å². The molecule has 1 unspecified atom stereocenters. The van der Waals surface area contributed by atoms with Gasteiger partial charge in [-0.25, -0.2) is 4.98 Å². The maximum Gasteiger partial charge on any atom is 0.265 e. The zero-order valence-corrected chi connectivity index (χ0v) is 14.5. The van der Waals surface area contributed by atoms with E-state index in [1.165, 1.54) is 5.56 Å². The van der Waals surface area contributed by atoms with Gasteiger partial charge in [-0.3, -0.25) is 4.79 Å². The predicted octanol–water partition coefficient (Wildman–Crippen LogP) is 3.39. The number of aryl methyl sites for hydroxylation is 2. The van der Waals surface area contributed by atoms with Gasteiger partial charge in [0.15, 0.2) is 0 Å². The third kappa shape index (κ3) is 3.40. The Morgan fingerprint density at radius 2 is 2.23 bits per heavy atom. The van der Waals surface area contributed by atoms with Crippen molar-refractivity contribution >= 4 is 40.1 Å². The van der Waals surface area contributed by atoms with Crippen molar-refractivity contribution in [2.24, 2.45) is 0 Å². The average Bonchev–Trinajstić information content (AvgIpc) is 3.20. The number of aromatic nitrogens is 3. The van der Waals surface area contributed by atoms with E-state index in [1.807, 2.05) is 17.7 Å². The van der Waals surface area contributed by atoms with E-state index in [9.17, 15) is 4.79 Å². The maximum atomic E-state index is 12.4. The number of thiophene rings is 1. The van der Waals surface area contributed by atoms with E-state index in [-0.39, 0.29) is 11.9 Å². The van der Waals surface area contributed by atoms with Gasteiger partial charge in [0, 0.05) is 17.5 Å². The minimum atomic E-state index is -0.138. The molecule has 3 aromatic rings. The first kappa shape index (κ1) is 15.3. The highest BCUT2D eigenvalue weighted by atomic mass is 32.1. The van der Waals surface area contributed by atoms with Crippen molar-refractivity contribution in [3.8, 4) is 0 Å². The quantitative estimate of drug-likeness (QED) is 0.766. The first-order valence-corrected chi connectivity index (χ1v) is 9.26. The smallest absolute Gasteiger partial charge is 0.265 e. The highest BCUT2D eigenvalue weighted by Crippen LogP contribution is 2.24. The molecule has 1 N–H and O–H groups in total. The molecular formula is C14H14N4OS3. The topological polar surface area (TPSA) is 67.8 Å². The number of nitrogens with zero attached hydrogens (tertiary/aromatic N) is 3. The number of hydrogen-bond donors (Lipinski definition) is 1. The zero-order chi connectivity index (χ0) is 15.5. The molecule has 5 nitrogen and oxygen atoms in total. The van der Waals surface area contributed by atoms with Crippen LogP contribution in [0.4, 0.5) is 0 Å². The summed E-state index contributed by atoms with van der Waals surface area (Å²) >= 11 is 4.35. The zero-order valence-electron chi connectivity index (χ0n) is 12.1. The van der Waals surface area contributed by atoms with E-state index < -0.39 is 0 Å². The Kier molecular flexibility index (Phi) is 4.60. The average molecular weight is 350 g/mol. The van der Waals surface area contributed by atoms with E-state index in [2.05, 4.69) is 31.3 Å². The van der Waals surface area contributed by atoms with Crippen LogP contribution in [0.1, 0.15) is 37.7 Å². The monoisotopic (exact) mass is 350 g/mol. The lowest BCUT2D eigenvalue weighted by Gasteiger charge is -2.15. The standard InChI is InChI=1S/C14H14N4OS3/c1-8-6-21-14(15-8)11(5-10-3-4-20-7-10)16-13(19)12-9(2)17-18-22-12/h3-4,6-7,11H,5H2,1-2H3,(H,16,19). The molecule has 0 radical (unpaired) electrons. The molecule has 114 valence electrons.